The van der Waals surface area contributed by atoms with Gasteiger partial charge in [0, 0.05) is 23.7 Å². The van der Waals surface area contributed by atoms with E-state index in [0.29, 0.717) is 30.6 Å². The molecule has 4 fully saturated rings. The lowest BCUT2D eigenvalue weighted by atomic mass is 9.61. The van der Waals surface area contributed by atoms with Crippen molar-refractivity contribution >= 4 is 0 Å². The fourth-order valence-electron chi connectivity index (χ4n) is 8.23. The van der Waals surface area contributed by atoms with Gasteiger partial charge < -0.3 is 20.3 Å². The third kappa shape index (κ3) is 5.17. The van der Waals surface area contributed by atoms with E-state index >= 15 is 0 Å². The van der Waals surface area contributed by atoms with Crippen molar-refractivity contribution in [1.29, 1.82) is 0 Å². The predicted octanol–water partition coefficient (Wildman–Crippen LogP) is 6.69. The maximum Gasteiger partial charge on any atom is 0.0831 e. The molecule has 0 spiro atoms. The van der Waals surface area contributed by atoms with Crippen molar-refractivity contribution in [3.05, 3.63) is 71.1 Å². The molecule has 4 saturated carbocycles. The second-order valence-corrected chi connectivity index (χ2v) is 13.2. The zero-order valence-electron chi connectivity index (χ0n) is 23.8. The van der Waals surface area contributed by atoms with Gasteiger partial charge in [-0.1, -0.05) is 63.6 Å². The Morgan fingerprint density at radius 3 is 2.68 bits per heavy atom. The lowest BCUT2D eigenvalue weighted by Gasteiger charge is -2.44. The van der Waals surface area contributed by atoms with Crippen molar-refractivity contribution in [1.82, 2.24) is 4.98 Å². The molecule has 4 aliphatic carbocycles. The van der Waals surface area contributed by atoms with Gasteiger partial charge in [0.2, 0.25) is 0 Å². The maximum atomic E-state index is 11.2. The molecule has 4 heteroatoms. The van der Waals surface area contributed by atoms with Crippen LogP contribution >= 0.6 is 0 Å². The lowest BCUT2D eigenvalue weighted by Crippen LogP contribution is -2.35. The fourth-order valence-corrected chi connectivity index (χ4v) is 8.23. The number of fused-ring (bicyclic) bond motifs is 1. The smallest absolute Gasteiger partial charge is 0.0831 e. The Morgan fingerprint density at radius 1 is 1.16 bits per heavy atom. The number of aromatic nitrogens is 1. The van der Waals surface area contributed by atoms with Crippen LogP contribution < -0.4 is 0 Å². The van der Waals surface area contributed by atoms with E-state index in [2.05, 4.69) is 68.9 Å². The average molecular weight is 520 g/mol. The minimum absolute atomic E-state index is 0.122. The molecule has 0 bridgehead atoms. The van der Waals surface area contributed by atoms with Crippen molar-refractivity contribution in [3.8, 4) is 0 Å². The van der Waals surface area contributed by atoms with Crippen LogP contribution in [0.3, 0.4) is 0 Å². The number of nitrogens with one attached hydrogen (secondary N) is 1. The minimum atomic E-state index is -0.635. The fraction of sp³-hybridized carbons (Fsp3) is 0.647. The van der Waals surface area contributed by atoms with Crippen LogP contribution in [-0.4, -0.2) is 38.6 Å². The van der Waals surface area contributed by atoms with E-state index in [1.165, 1.54) is 42.5 Å². The largest absolute Gasteiger partial charge is 0.393 e. The van der Waals surface area contributed by atoms with Crippen LogP contribution in [0.25, 0.3) is 0 Å². The van der Waals surface area contributed by atoms with Crippen molar-refractivity contribution in [2.24, 2.45) is 23.2 Å². The van der Waals surface area contributed by atoms with Crippen molar-refractivity contribution in [2.45, 2.75) is 115 Å². The number of rotatable bonds is 8. The first-order valence-electron chi connectivity index (χ1n) is 15.2. The standard InChI is InChI=1S/C34H49NO3/c1-5-7-24-18-31(35-21-24)34(16-17-34)32(38)14-9-22(2)28-12-13-29-25(8-6-15-33(28,29)4)10-11-26-19-27(36)20-30(37)23(26)3/h9-11,14,18,21-22,27-30,32,35-38H,3,5-8,12-13,15-17,19-20H2,1-2,4H3/t22-,27-,28-,29+,30+,32-,33-/m1/s1. The van der Waals surface area contributed by atoms with E-state index in [4.69, 9.17) is 0 Å². The number of aliphatic hydroxyl groups is 3. The van der Waals surface area contributed by atoms with Crippen LogP contribution in [0.1, 0.15) is 96.2 Å². The summed E-state index contributed by atoms with van der Waals surface area (Å²) in [5.41, 5.74) is 5.99. The van der Waals surface area contributed by atoms with Crippen LogP contribution in [-0.2, 0) is 11.8 Å². The summed E-state index contributed by atoms with van der Waals surface area (Å²) in [4.78, 5) is 3.47. The first-order valence-corrected chi connectivity index (χ1v) is 15.2. The Labute approximate surface area is 229 Å². The zero-order valence-corrected chi connectivity index (χ0v) is 23.8. The highest BCUT2D eigenvalue weighted by Gasteiger charge is 2.52. The monoisotopic (exact) mass is 519 g/mol. The predicted molar refractivity (Wildman–Crippen MR) is 155 cm³/mol. The number of H-pyrrole nitrogens is 1. The third-order valence-corrected chi connectivity index (χ3v) is 10.7. The SMILES string of the molecule is C=C1C(=CC=C2CCC[C@]3(C)[C@@H]([C@H](C)C=C[C@@H](O)C4(c5cc(CCC)c[nH]5)CC4)CC[C@@H]23)C[C@@H](O)C[C@@H]1O. The molecule has 0 saturated heterocycles. The second-order valence-electron chi connectivity index (χ2n) is 13.2. The Kier molecular flexibility index (Phi) is 7.97. The molecule has 0 radical (unpaired) electrons. The Morgan fingerprint density at radius 2 is 1.95 bits per heavy atom. The van der Waals surface area contributed by atoms with Crippen molar-refractivity contribution in [3.63, 3.8) is 0 Å². The number of aliphatic hydroxyl groups excluding tert-OH is 3. The highest BCUT2D eigenvalue weighted by atomic mass is 16.3. The molecule has 4 nitrogen and oxygen atoms in total. The molecule has 0 aromatic carbocycles. The quantitative estimate of drug-likeness (QED) is 0.289. The van der Waals surface area contributed by atoms with Gasteiger partial charge >= 0.3 is 0 Å². The highest BCUT2D eigenvalue weighted by molar-refractivity contribution is 5.39. The highest BCUT2D eigenvalue weighted by Crippen LogP contribution is 2.60. The Hall–Kier alpha value is -1.88. The minimum Gasteiger partial charge on any atom is -0.393 e. The third-order valence-electron chi connectivity index (χ3n) is 10.7. The topological polar surface area (TPSA) is 76.5 Å². The summed E-state index contributed by atoms with van der Waals surface area (Å²) in [6.07, 6.45) is 20.7. The van der Waals surface area contributed by atoms with Crippen LogP contribution in [0, 0.1) is 23.2 Å². The molecule has 4 N–H and O–H groups in total. The summed E-state index contributed by atoms with van der Waals surface area (Å²) in [6, 6.07) is 2.27. The van der Waals surface area contributed by atoms with Gasteiger partial charge in [-0.2, -0.15) is 0 Å². The number of aromatic amines is 1. The summed E-state index contributed by atoms with van der Waals surface area (Å²) in [5.74, 6) is 1.62. The number of aryl methyl sites for hydroxylation is 1. The molecule has 0 aliphatic heterocycles. The second kappa shape index (κ2) is 10.9. The number of hydrogen-bond acceptors (Lipinski definition) is 3. The van der Waals surface area contributed by atoms with E-state index < -0.39 is 18.3 Å². The molecule has 38 heavy (non-hydrogen) atoms. The van der Waals surface area contributed by atoms with Gasteiger partial charge in [0.05, 0.1) is 18.3 Å². The summed E-state index contributed by atoms with van der Waals surface area (Å²) < 4.78 is 0. The molecule has 1 heterocycles. The van der Waals surface area contributed by atoms with Gasteiger partial charge in [0.25, 0.3) is 0 Å². The summed E-state index contributed by atoms with van der Waals surface area (Å²) >= 11 is 0. The van der Waals surface area contributed by atoms with Gasteiger partial charge in [-0.05, 0) is 104 Å². The molecular formula is C34H49NO3. The first kappa shape index (κ1) is 27.7. The van der Waals surface area contributed by atoms with Crippen molar-refractivity contribution < 1.29 is 15.3 Å². The van der Waals surface area contributed by atoms with Crippen LogP contribution in [0.4, 0.5) is 0 Å². The van der Waals surface area contributed by atoms with Gasteiger partial charge in [-0.15, -0.1) is 0 Å². The van der Waals surface area contributed by atoms with Gasteiger partial charge in [0.1, 0.15) is 0 Å². The number of allylic oxidation sites excluding steroid dienone is 4. The molecule has 7 atom stereocenters. The molecule has 1 aromatic heterocycles. The molecule has 4 aliphatic rings. The molecule has 0 amide bonds. The average Bonchev–Trinajstić information content (AvgIpc) is 3.42. The Balaban J connectivity index is 1.27. The summed E-state index contributed by atoms with van der Waals surface area (Å²) in [6.45, 7) is 11.1. The molecule has 208 valence electrons. The molecule has 5 rings (SSSR count). The zero-order chi connectivity index (χ0) is 27.1. The number of hydrogen-bond donors (Lipinski definition) is 4. The molecule has 0 unspecified atom stereocenters. The van der Waals surface area contributed by atoms with E-state index in [0.717, 1.165) is 43.3 Å². The molecule has 1 aromatic rings. The van der Waals surface area contributed by atoms with Crippen molar-refractivity contribution in [2.75, 3.05) is 0 Å². The van der Waals surface area contributed by atoms with E-state index in [1.54, 1.807) is 0 Å². The van der Waals surface area contributed by atoms with Gasteiger partial charge in [-0.3, -0.25) is 0 Å². The van der Waals surface area contributed by atoms with E-state index in [9.17, 15) is 15.3 Å². The maximum absolute atomic E-state index is 11.2. The Bertz CT molecular complexity index is 1100. The van der Waals surface area contributed by atoms with E-state index in [-0.39, 0.29) is 10.8 Å². The van der Waals surface area contributed by atoms with Crippen LogP contribution in [0.2, 0.25) is 0 Å². The normalized spacial score (nSPS) is 36.6. The van der Waals surface area contributed by atoms with Crippen LogP contribution in [0.15, 0.2) is 59.9 Å². The van der Waals surface area contributed by atoms with Gasteiger partial charge in [0.15, 0.2) is 0 Å². The van der Waals surface area contributed by atoms with Gasteiger partial charge in [-0.25, -0.2) is 0 Å². The molecular weight excluding hydrogens is 470 g/mol. The van der Waals surface area contributed by atoms with Crippen LogP contribution in [0.5, 0.6) is 0 Å². The summed E-state index contributed by atoms with van der Waals surface area (Å²) in [7, 11) is 0. The summed E-state index contributed by atoms with van der Waals surface area (Å²) in [5, 5.41) is 31.6. The van der Waals surface area contributed by atoms with E-state index in [1.807, 2.05) is 0 Å². The first-order chi connectivity index (χ1) is 18.2. The lowest BCUT2D eigenvalue weighted by molar-refractivity contribution is 0.0862.